The second-order valence-corrected chi connectivity index (χ2v) is 42.4. The fraction of sp³-hybridized carbons (Fsp3) is 0.114. The summed E-state index contributed by atoms with van der Waals surface area (Å²) in [5.74, 6) is 0.674. The Morgan fingerprint density at radius 3 is 1.11 bits per heavy atom. The standard InChI is InChI=1S/C33H28BNO2.C27H16BrN.C20H14BrN.C16H20BBrO2.C10H6Br2.C10H8BrN.C7H6O/c1-32(2)33(3,4)37-34(36-32)28-20-27-29(25-17-11-10-16-24(25)28)26-19-18-21-12-8-9-15-23(21)31(26)35-30(27)22-13-6-5-7-14-22;28-24-16-23-25(21-13-7-6-12-20(21)24)22-15-14-17-8-4-5-11-19(17)27(22)29-26(23)18-9-2-1-3-10-18;21-19-12-11-16(15-7-3-4-8-17(15)19)18-10-9-13-5-1-2-6-14(13)20(18)22;1-15(2)16(3,4)20-17(19-15)13-9-10-14(18)12-8-6-5-7-11(12)13;11-9-5-6-10(12)8-4-2-1-3-7(8)9;11-9-6-5-7-3-1-2-4-8(7)10(9)12;8-6-7-4-2-1-3-5-7/h5-20H,1-4H3;1-16H;1-12H,22H2;5-12H,1-4H3;1-6H;1-6H,12H2;1-6H. The number of nitrogens with zero attached hydrogens (tertiary/aromatic N) is 2. The molecule has 2 aliphatic heterocycles. The van der Waals surface area contributed by atoms with Crippen molar-refractivity contribution in [2.45, 2.75) is 77.8 Å². The monoisotopic (exact) mass is 2210 g/mol. The number of fused-ring (bicyclic) bond motifs is 19. The Morgan fingerprint density at radius 1 is 0.293 bits per heavy atom. The van der Waals surface area contributed by atoms with Crippen LogP contribution in [0.3, 0.4) is 0 Å². The van der Waals surface area contributed by atoms with Crippen LogP contribution in [0.5, 0.6) is 0 Å². The highest BCUT2D eigenvalue weighted by Gasteiger charge is 2.55. The Balaban J connectivity index is 0.000000109. The van der Waals surface area contributed by atoms with Gasteiger partial charge in [-0.3, -0.25) is 4.79 Å². The molecule has 17 heteroatoms. The molecule has 2 atom stereocenters. The van der Waals surface area contributed by atoms with Crippen LogP contribution in [0, 0.1) is 11.8 Å². The number of aldehydes is 1. The molecule has 2 unspecified atom stereocenters. The lowest BCUT2D eigenvalue weighted by molar-refractivity contribution is 0.00578. The van der Waals surface area contributed by atoms with Crippen LogP contribution in [0.2, 0.25) is 0 Å². The van der Waals surface area contributed by atoms with Crippen LogP contribution >= 0.6 is 95.6 Å². The first kappa shape index (κ1) is 96.5. The number of aromatic nitrogens is 2. The largest absolute Gasteiger partial charge is 0.495 e. The van der Waals surface area contributed by atoms with Gasteiger partial charge in [-0.1, -0.05) is 456 Å². The third-order valence-corrected chi connectivity index (χ3v) is 31.8. The second-order valence-electron chi connectivity index (χ2n) is 37.2. The first-order valence-corrected chi connectivity index (χ1v) is 51.4. The van der Waals surface area contributed by atoms with E-state index in [1.54, 1.807) is 12.1 Å². The van der Waals surface area contributed by atoms with Crippen molar-refractivity contribution in [1.82, 2.24) is 9.97 Å². The molecule has 0 amide bonds. The van der Waals surface area contributed by atoms with Gasteiger partial charge in [0.05, 0.1) is 50.5 Å². The van der Waals surface area contributed by atoms with E-state index in [-0.39, 0.29) is 18.3 Å². The Labute approximate surface area is 866 Å². The number of hydrogen-bond acceptors (Lipinski definition) is 9. The molecule has 0 radical (unpaired) electrons. The van der Waals surface area contributed by atoms with Gasteiger partial charge in [-0.25, -0.2) is 9.97 Å². The molecule has 2 aliphatic carbocycles. The number of anilines is 2. The summed E-state index contributed by atoms with van der Waals surface area (Å²) in [6.45, 7) is 16.8. The zero-order chi connectivity index (χ0) is 97.3. The third kappa shape index (κ3) is 19.4. The minimum Gasteiger partial charge on any atom is -0.400 e. The molecule has 19 aromatic carbocycles. The summed E-state index contributed by atoms with van der Waals surface area (Å²) in [5.41, 5.74) is 24.1. The van der Waals surface area contributed by atoms with E-state index >= 15 is 0 Å². The van der Waals surface area contributed by atoms with Crippen molar-refractivity contribution >= 4 is 262 Å². The quantitative estimate of drug-likeness (QED) is 0.0723. The number of rotatable bonds is 6. The van der Waals surface area contributed by atoms with Gasteiger partial charge in [0, 0.05) is 120 Å². The van der Waals surface area contributed by atoms with Crippen LogP contribution in [-0.2, 0) is 18.6 Å². The average molecular weight is 2210 g/mol. The highest BCUT2D eigenvalue weighted by atomic mass is 79.9. The molecule has 21 aromatic rings. The minimum absolute atomic E-state index is 0.263. The molecule has 2 saturated heterocycles. The van der Waals surface area contributed by atoms with Gasteiger partial charge in [-0.15, -0.1) is 0 Å². The van der Waals surface area contributed by atoms with Crippen LogP contribution < -0.4 is 16.9 Å². The lowest BCUT2D eigenvalue weighted by Crippen LogP contribution is -2.41. The number of allylic oxidation sites excluding steroid dienone is 8. The van der Waals surface area contributed by atoms with Crippen molar-refractivity contribution in [3.8, 4) is 33.6 Å². The van der Waals surface area contributed by atoms with Crippen molar-refractivity contribution in [3.05, 3.63) is 444 Å². The normalized spacial score (nSPS) is 15.7. The van der Waals surface area contributed by atoms with E-state index in [2.05, 4.69) is 454 Å². The molecule has 688 valence electrons. The predicted octanol–water partition coefficient (Wildman–Crippen LogP) is 35.0. The molecular formula is C123H98B2Br6N4O5. The molecular weight excluding hydrogens is 2110 g/mol. The maximum atomic E-state index is 10.0. The van der Waals surface area contributed by atoms with E-state index < -0.39 is 18.3 Å². The van der Waals surface area contributed by atoms with E-state index in [1.807, 2.05) is 91.0 Å². The SMILES string of the molecule is Brc1cc2c(-c3ccccc3)nc3c4ccccc4ccc3c2c2ccccc12.Brc1ccc(Br)c2ccccc12.CC1(C)OB(C2=CC=C(Br)C3C=CC=CC23)OC1(C)C.CC1(C)OB(c2cc3c(-c4ccccc4)nc4c5ccccc5ccc4c3c3ccccc23)OC1(C)C.Nc1c(-c2ccc(Br)c3ccccc23)ccc2ccccc12.Nc1c(Br)ccc2ccccc12.O=Cc1ccccc1. The zero-order valence-electron chi connectivity index (χ0n) is 78.4. The average Bonchev–Trinajstić information content (AvgIpc) is 0.958. The summed E-state index contributed by atoms with van der Waals surface area (Å²) in [6.07, 6.45) is 13.7. The predicted molar refractivity (Wildman–Crippen MR) is 615 cm³/mol. The maximum Gasteiger partial charge on any atom is 0.495 e. The van der Waals surface area contributed by atoms with E-state index in [1.165, 1.54) is 102 Å². The van der Waals surface area contributed by atoms with Crippen molar-refractivity contribution in [3.63, 3.8) is 0 Å². The number of benzene rings is 19. The van der Waals surface area contributed by atoms with Gasteiger partial charge < -0.3 is 30.1 Å². The number of pyridine rings is 2. The number of carbonyl (C=O) groups excluding carboxylic acids is 1. The lowest BCUT2D eigenvalue weighted by Gasteiger charge is -2.32. The van der Waals surface area contributed by atoms with Gasteiger partial charge in [-0.05, 0) is 183 Å². The van der Waals surface area contributed by atoms with Crippen molar-refractivity contribution < 1.29 is 23.4 Å². The Bertz CT molecular complexity index is 8430. The van der Waals surface area contributed by atoms with Crippen LogP contribution in [0.15, 0.2) is 439 Å². The van der Waals surface area contributed by atoms with Crippen LogP contribution in [0.25, 0.3) is 163 Å². The Morgan fingerprint density at radius 2 is 0.636 bits per heavy atom. The number of nitrogen functional groups attached to an aromatic ring is 2. The molecule has 2 fully saturated rings. The van der Waals surface area contributed by atoms with Gasteiger partial charge in [-0.2, -0.15) is 0 Å². The van der Waals surface area contributed by atoms with Crippen LogP contribution in [-0.4, -0.2) is 52.9 Å². The molecule has 0 spiro atoms. The fourth-order valence-corrected chi connectivity index (χ4v) is 21.8. The van der Waals surface area contributed by atoms with Gasteiger partial charge in [0.1, 0.15) is 6.29 Å². The number of carbonyl (C=O) groups is 1. The van der Waals surface area contributed by atoms with E-state index in [0.29, 0.717) is 11.8 Å². The van der Waals surface area contributed by atoms with Gasteiger partial charge in [0.25, 0.3) is 0 Å². The lowest BCUT2D eigenvalue weighted by atomic mass is 9.64. The molecule has 0 saturated carbocycles. The maximum absolute atomic E-state index is 10.0. The first-order chi connectivity index (χ1) is 67.7. The molecule has 2 aromatic heterocycles. The molecule has 4 heterocycles. The third-order valence-electron chi connectivity index (χ3n) is 27.6. The van der Waals surface area contributed by atoms with Gasteiger partial charge in [0.2, 0.25) is 0 Å². The van der Waals surface area contributed by atoms with Crippen molar-refractivity contribution in [1.29, 1.82) is 0 Å². The zero-order valence-corrected chi connectivity index (χ0v) is 87.9. The Hall–Kier alpha value is -12.3. The second kappa shape index (κ2) is 41.1. The van der Waals surface area contributed by atoms with Gasteiger partial charge in [0.15, 0.2) is 0 Å². The molecule has 9 nitrogen and oxygen atoms in total. The number of nitrogens with two attached hydrogens (primary N) is 2. The van der Waals surface area contributed by atoms with Crippen LogP contribution in [0.1, 0.15) is 65.7 Å². The molecule has 140 heavy (non-hydrogen) atoms. The number of halogens is 6. The topological polar surface area (TPSA) is 132 Å². The Kier molecular flexibility index (Phi) is 28.3. The molecule has 4 N–H and O–H groups in total. The van der Waals surface area contributed by atoms with E-state index in [0.717, 1.165) is 122 Å². The highest BCUT2D eigenvalue weighted by Crippen LogP contribution is 2.49. The molecule has 4 aliphatic rings. The summed E-state index contributed by atoms with van der Waals surface area (Å²) in [5, 5.41) is 26.1. The molecule has 0 bridgehead atoms. The first-order valence-electron chi connectivity index (χ1n) is 46.7. The number of hydrogen-bond donors (Lipinski definition) is 2. The summed E-state index contributed by atoms with van der Waals surface area (Å²) in [7, 11) is -0.726. The fourth-order valence-electron chi connectivity index (χ4n) is 18.8. The van der Waals surface area contributed by atoms with Crippen molar-refractivity contribution in [2.24, 2.45) is 11.8 Å². The smallest absolute Gasteiger partial charge is 0.400 e. The summed E-state index contributed by atoms with van der Waals surface area (Å²) in [4.78, 5) is 20.6. The van der Waals surface area contributed by atoms with Gasteiger partial charge >= 0.3 is 14.2 Å². The van der Waals surface area contributed by atoms with E-state index in [4.69, 9.17) is 40.1 Å². The summed E-state index contributed by atoms with van der Waals surface area (Å²) < 4.78 is 32.2. The summed E-state index contributed by atoms with van der Waals surface area (Å²) >= 11 is 21.5. The summed E-state index contributed by atoms with van der Waals surface area (Å²) in [6, 6.07) is 127. The minimum atomic E-state index is -0.463. The molecule has 25 rings (SSSR count). The van der Waals surface area contributed by atoms with Crippen LogP contribution in [0.4, 0.5) is 11.4 Å². The van der Waals surface area contributed by atoms with E-state index in [9.17, 15) is 4.79 Å². The highest BCUT2D eigenvalue weighted by molar-refractivity contribution is 9.12. The van der Waals surface area contributed by atoms with Crippen molar-refractivity contribution in [2.75, 3.05) is 11.5 Å².